The second kappa shape index (κ2) is 4.08. The molecular formula is C13H16N2O. The van der Waals surface area contributed by atoms with Gasteiger partial charge in [-0.1, -0.05) is 12.1 Å². The van der Waals surface area contributed by atoms with Gasteiger partial charge >= 0.3 is 0 Å². The predicted molar refractivity (Wildman–Crippen MR) is 64.5 cm³/mol. The molecule has 3 nitrogen and oxygen atoms in total. The highest BCUT2D eigenvalue weighted by atomic mass is 16.1. The molecule has 0 aliphatic rings. The van der Waals surface area contributed by atoms with Gasteiger partial charge in [-0.2, -0.15) is 0 Å². The molecule has 2 aromatic rings. The zero-order chi connectivity index (χ0) is 11.7. The number of hydrogen-bond donors (Lipinski definition) is 0. The van der Waals surface area contributed by atoms with E-state index < -0.39 is 0 Å². The highest BCUT2D eigenvalue weighted by Crippen LogP contribution is 2.21. The fraction of sp³-hybridized carbons (Fsp3) is 0.385. The van der Waals surface area contributed by atoms with Crippen molar-refractivity contribution < 1.29 is 4.79 Å². The van der Waals surface area contributed by atoms with Crippen molar-refractivity contribution in [1.29, 1.82) is 0 Å². The van der Waals surface area contributed by atoms with Gasteiger partial charge in [-0.05, 0) is 32.9 Å². The number of para-hydroxylation sites is 2. The molecule has 84 valence electrons. The molecule has 16 heavy (non-hydrogen) atoms. The number of ketones is 1. The maximum atomic E-state index is 11.2. The minimum absolute atomic E-state index is 0.150. The summed E-state index contributed by atoms with van der Waals surface area (Å²) in [6, 6.07) is 8.32. The molecular weight excluding hydrogens is 200 g/mol. The molecule has 1 heterocycles. The Labute approximate surface area is 95.1 Å². The first-order chi connectivity index (χ1) is 7.59. The van der Waals surface area contributed by atoms with Gasteiger partial charge in [-0.15, -0.1) is 0 Å². The van der Waals surface area contributed by atoms with E-state index in [1.165, 1.54) is 0 Å². The first-order valence-electron chi connectivity index (χ1n) is 5.55. The topological polar surface area (TPSA) is 34.9 Å². The van der Waals surface area contributed by atoms with Crippen LogP contribution in [0.1, 0.15) is 32.6 Å². The first-order valence-corrected chi connectivity index (χ1v) is 5.55. The van der Waals surface area contributed by atoms with Crippen LogP contribution in [-0.2, 0) is 11.2 Å². The van der Waals surface area contributed by atoms with Crippen LogP contribution in [0, 0.1) is 0 Å². The highest BCUT2D eigenvalue weighted by Gasteiger charge is 2.13. The number of aromatic nitrogens is 2. The van der Waals surface area contributed by atoms with E-state index in [0.717, 1.165) is 16.9 Å². The Morgan fingerprint density at radius 3 is 2.69 bits per heavy atom. The van der Waals surface area contributed by atoms with Gasteiger partial charge in [0.05, 0.1) is 17.5 Å². The fourth-order valence-corrected chi connectivity index (χ4v) is 2.02. The Hall–Kier alpha value is -1.64. The van der Waals surface area contributed by atoms with E-state index in [9.17, 15) is 4.79 Å². The molecule has 1 aromatic heterocycles. The summed E-state index contributed by atoms with van der Waals surface area (Å²) >= 11 is 0. The van der Waals surface area contributed by atoms with Gasteiger partial charge in [0.2, 0.25) is 0 Å². The molecule has 3 heteroatoms. The number of carbonyl (C=O) groups is 1. The largest absolute Gasteiger partial charge is 0.325 e. The van der Waals surface area contributed by atoms with E-state index in [2.05, 4.69) is 23.4 Å². The summed E-state index contributed by atoms with van der Waals surface area (Å²) in [5.74, 6) is 1.01. The van der Waals surface area contributed by atoms with Crippen LogP contribution in [0.15, 0.2) is 24.3 Å². The van der Waals surface area contributed by atoms with Crippen molar-refractivity contribution in [3.05, 3.63) is 30.1 Å². The van der Waals surface area contributed by atoms with Crippen LogP contribution in [0.25, 0.3) is 11.0 Å². The lowest BCUT2D eigenvalue weighted by Crippen LogP contribution is -2.09. The van der Waals surface area contributed by atoms with Crippen LogP contribution in [0.4, 0.5) is 0 Å². The number of rotatable bonds is 3. The lowest BCUT2D eigenvalue weighted by atomic mass is 10.2. The summed E-state index contributed by atoms with van der Waals surface area (Å²) in [5.41, 5.74) is 2.07. The van der Waals surface area contributed by atoms with Crippen LogP contribution >= 0.6 is 0 Å². The summed E-state index contributed by atoms with van der Waals surface area (Å²) in [6.45, 7) is 5.82. The Balaban J connectivity index is 2.63. The predicted octanol–water partition coefficient (Wildman–Crippen LogP) is 2.75. The van der Waals surface area contributed by atoms with Gasteiger partial charge in [-0.3, -0.25) is 4.79 Å². The van der Waals surface area contributed by atoms with Gasteiger partial charge in [0.15, 0.2) is 0 Å². The van der Waals surface area contributed by atoms with Crippen molar-refractivity contribution in [2.45, 2.75) is 33.2 Å². The van der Waals surface area contributed by atoms with E-state index in [0.29, 0.717) is 12.5 Å². The standard InChI is InChI=1S/C13H16N2O/c1-9(2)15-12-7-5-4-6-11(12)14-13(15)8-10(3)16/h4-7,9H,8H2,1-3H3. The number of fused-ring (bicyclic) bond motifs is 1. The summed E-state index contributed by atoms with van der Waals surface area (Å²) in [6.07, 6.45) is 0.410. The monoisotopic (exact) mass is 216 g/mol. The van der Waals surface area contributed by atoms with Crippen LogP contribution in [0.3, 0.4) is 0 Å². The Kier molecular flexibility index (Phi) is 2.77. The first kappa shape index (κ1) is 10.9. The Morgan fingerprint density at radius 1 is 1.38 bits per heavy atom. The molecule has 0 aliphatic carbocycles. The zero-order valence-electron chi connectivity index (χ0n) is 9.90. The number of nitrogens with zero attached hydrogens (tertiary/aromatic N) is 2. The quantitative estimate of drug-likeness (QED) is 0.790. The van der Waals surface area contributed by atoms with Gasteiger partial charge < -0.3 is 4.57 Å². The van der Waals surface area contributed by atoms with Crippen LogP contribution < -0.4 is 0 Å². The number of hydrogen-bond acceptors (Lipinski definition) is 2. The minimum Gasteiger partial charge on any atom is -0.325 e. The third kappa shape index (κ3) is 1.85. The average Bonchev–Trinajstić information content (AvgIpc) is 2.53. The Morgan fingerprint density at radius 2 is 2.06 bits per heavy atom. The third-order valence-electron chi connectivity index (χ3n) is 2.59. The van der Waals surface area contributed by atoms with Crippen LogP contribution in [-0.4, -0.2) is 15.3 Å². The summed E-state index contributed by atoms with van der Waals surface area (Å²) in [7, 11) is 0. The molecule has 0 atom stereocenters. The van der Waals surface area contributed by atoms with Crippen molar-refractivity contribution in [3.8, 4) is 0 Å². The normalized spacial score (nSPS) is 11.2. The van der Waals surface area contributed by atoms with Gasteiger partial charge in [0, 0.05) is 6.04 Å². The van der Waals surface area contributed by atoms with E-state index >= 15 is 0 Å². The van der Waals surface area contributed by atoms with Crippen LogP contribution in [0.2, 0.25) is 0 Å². The van der Waals surface area contributed by atoms with E-state index in [-0.39, 0.29) is 5.78 Å². The summed E-state index contributed by atoms with van der Waals surface area (Å²) in [4.78, 5) is 15.7. The van der Waals surface area contributed by atoms with Crippen molar-refractivity contribution in [1.82, 2.24) is 9.55 Å². The highest BCUT2D eigenvalue weighted by molar-refractivity contribution is 5.81. The second-order valence-electron chi connectivity index (χ2n) is 4.36. The molecule has 2 rings (SSSR count). The molecule has 0 radical (unpaired) electrons. The SMILES string of the molecule is CC(=O)Cc1nc2ccccc2n1C(C)C. The summed E-state index contributed by atoms with van der Waals surface area (Å²) in [5, 5.41) is 0. The van der Waals surface area contributed by atoms with Crippen molar-refractivity contribution in [2.75, 3.05) is 0 Å². The van der Waals surface area contributed by atoms with Crippen LogP contribution in [0.5, 0.6) is 0 Å². The molecule has 0 bridgehead atoms. The van der Waals surface area contributed by atoms with Crippen molar-refractivity contribution >= 4 is 16.8 Å². The smallest absolute Gasteiger partial charge is 0.137 e. The van der Waals surface area contributed by atoms with Gasteiger partial charge in [0.25, 0.3) is 0 Å². The fourth-order valence-electron chi connectivity index (χ4n) is 2.02. The average molecular weight is 216 g/mol. The molecule has 0 fully saturated rings. The Bertz CT molecular complexity index is 526. The molecule has 0 spiro atoms. The second-order valence-corrected chi connectivity index (χ2v) is 4.36. The van der Waals surface area contributed by atoms with Gasteiger partial charge in [0.1, 0.15) is 11.6 Å². The number of carbonyl (C=O) groups excluding carboxylic acids is 1. The lowest BCUT2D eigenvalue weighted by molar-refractivity contribution is -0.116. The number of imidazole rings is 1. The molecule has 0 unspecified atom stereocenters. The minimum atomic E-state index is 0.150. The zero-order valence-corrected chi connectivity index (χ0v) is 9.90. The number of benzene rings is 1. The van der Waals surface area contributed by atoms with E-state index in [1.54, 1.807) is 6.92 Å². The lowest BCUT2D eigenvalue weighted by Gasteiger charge is -2.11. The summed E-state index contributed by atoms with van der Waals surface area (Å²) < 4.78 is 2.14. The van der Waals surface area contributed by atoms with E-state index in [4.69, 9.17) is 0 Å². The molecule has 0 N–H and O–H groups in total. The maximum Gasteiger partial charge on any atom is 0.137 e. The maximum absolute atomic E-state index is 11.2. The molecule has 0 saturated heterocycles. The third-order valence-corrected chi connectivity index (χ3v) is 2.59. The van der Waals surface area contributed by atoms with Crippen molar-refractivity contribution in [3.63, 3.8) is 0 Å². The van der Waals surface area contributed by atoms with Gasteiger partial charge in [-0.25, -0.2) is 4.98 Å². The van der Waals surface area contributed by atoms with Crippen molar-refractivity contribution in [2.24, 2.45) is 0 Å². The molecule has 0 saturated carbocycles. The molecule has 0 amide bonds. The molecule has 1 aromatic carbocycles. The number of Topliss-reactive ketones (excluding diaryl/α,β-unsaturated/α-hetero) is 1. The molecule has 0 aliphatic heterocycles. The van der Waals surface area contributed by atoms with E-state index in [1.807, 2.05) is 24.3 Å².